The topological polar surface area (TPSA) is 9.23 Å². The molecule has 15 heavy (non-hydrogen) atoms. The molecule has 0 saturated carbocycles. The van der Waals surface area contributed by atoms with Crippen LogP contribution in [0.25, 0.3) is 0 Å². The lowest BCUT2D eigenvalue weighted by molar-refractivity contribution is 0.0826. The highest BCUT2D eigenvalue weighted by Crippen LogP contribution is 2.39. The Morgan fingerprint density at radius 1 is 1.20 bits per heavy atom. The Morgan fingerprint density at radius 2 is 1.80 bits per heavy atom. The van der Waals surface area contributed by atoms with Crippen molar-refractivity contribution >= 4 is 0 Å². The molecule has 1 nitrogen and oxygen atoms in total. The number of ether oxygens (including phenoxy) is 1. The Bertz CT molecular complexity index is 153. The van der Waals surface area contributed by atoms with Crippen LogP contribution in [0.2, 0.25) is 0 Å². The second kappa shape index (κ2) is 7.27. The first-order chi connectivity index (χ1) is 6.96. The lowest BCUT2D eigenvalue weighted by Gasteiger charge is -2.37. The third-order valence-corrected chi connectivity index (χ3v) is 3.66. The van der Waals surface area contributed by atoms with E-state index in [1.807, 2.05) is 0 Å². The lowest BCUT2D eigenvalue weighted by Crippen LogP contribution is -2.28. The minimum absolute atomic E-state index is 0.459. The van der Waals surface area contributed by atoms with Gasteiger partial charge in [0.1, 0.15) is 0 Å². The monoisotopic (exact) mass is 214 g/mol. The Hall–Kier alpha value is -0.0400. The molecule has 2 unspecified atom stereocenters. The summed E-state index contributed by atoms with van der Waals surface area (Å²) in [4.78, 5) is 0. The summed E-state index contributed by atoms with van der Waals surface area (Å²) in [6, 6.07) is 0. The molecule has 0 amide bonds. The minimum atomic E-state index is 0.459. The van der Waals surface area contributed by atoms with E-state index in [0.29, 0.717) is 5.41 Å². The van der Waals surface area contributed by atoms with Gasteiger partial charge in [0.15, 0.2) is 0 Å². The van der Waals surface area contributed by atoms with Crippen LogP contribution in [0, 0.1) is 17.3 Å². The van der Waals surface area contributed by atoms with E-state index in [-0.39, 0.29) is 0 Å². The van der Waals surface area contributed by atoms with E-state index in [0.717, 1.165) is 18.4 Å². The van der Waals surface area contributed by atoms with Gasteiger partial charge in [-0.25, -0.2) is 0 Å². The fourth-order valence-corrected chi connectivity index (χ4v) is 2.60. The van der Waals surface area contributed by atoms with Gasteiger partial charge < -0.3 is 4.74 Å². The number of methoxy groups -OCH3 is 1. The minimum Gasteiger partial charge on any atom is -0.385 e. The molecule has 0 aromatic rings. The van der Waals surface area contributed by atoms with Crippen LogP contribution in [0.4, 0.5) is 0 Å². The SMILES string of the molecule is CCCC(C)C(C)(CCOC)CC(C)C. The zero-order valence-corrected chi connectivity index (χ0v) is 11.6. The highest BCUT2D eigenvalue weighted by atomic mass is 16.5. The third kappa shape index (κ3) is 5.55. The fourth-order valence-electron chi connectivity index (χ4n) is 2.60. The molecule has 0 aromatic carbocycles. The van der Waals surface area contributed by atoms with Crippen LogP contribution in [-0.4, -0.2) is 13.7 Å². The quantitative estimate of drug-likeness (QED) is 0.577. The maximum absolute atomic E-state index is 5.25. The van der Waals surface area contributed by atoms with Gasteiger partial charge in [-0.05, 0) is 30.1 Å². The molecule has 1 heteroatoms. The first kappa shape index (κ1) is 15.0. The summed E-state index contributed by atoms with van der Waals surface area (Å²) in [7, 11) is 1.81. The Labute approximate surface area is 96.6 Å². The van der Waals surface area contributed by atoms with Crippen LogP contribution in [0.5, 0.6) is 0 Å². The van der Waals surface area contributed by atoms with E-state index in [1.165, 1.54) is 25.7 Å². The Kier molecular flexibility index (Phi) is 7.25. The maximum Gasteiger partial charge on any atom is 0.0467 e. The Balaban J connectivity index is 4.37. The van der Waals surface area contributed by atoms with Crippen molar-refractivity contribution < 1.29 is 4.74 Å². The molecule has 2 atom stereocenters. The van der Waals surface area contributed by atoms with Crippen molar-refractivity contribution in [2.75, 3.05) is 13.7 Å². The molecule has 0 saturated heterocycles. The summed E-state index contributed by atoms with van der Waals surface area (Å²) in [5, 5.41) is 0. The molecule has 0 aliphatic heterocycles. The van der Waals surface area contributed by atoms with Gasteiger partial charge in [-0.3, -0.25) is 0 Å². The first-order valence-corrected chi connectivity index (χ1v) is 6.45. The van der Waals surface area contributed by atoms with Crippen molar-refractivity contribution in [3.8, 4) is 0 Å². The number of rotatable bonds is 8. The highest BCUT2D eigenvalue weighted by Gasteiger charge is 2.30. The van der Waals surface area contributed by atoms with Gasteiger partial charge in [0.2, 0.25) is 0 Å². The molecular weight excluding hydrogens is 184 g/mol. The molecule has 0 aliphatic carbocycles. The smallest absolute Gasteiger partial charge is 0.0467 e. The standard InChI is InChI=1S/C14H30O/c1-7-8-13(4)14(5,9-10-15-6)11-12(2)3/h12-13H,7-11H2,1-6H3. The molecule has 0 radical (unpaired) electrons. The van der Waals surface area contributed by atoms with Gasteiger partial charge >= 0.3 is 0 Å². The van der Waals surface area contributed by atoms with Crippen LogP contribution >= 0.6 is 0 Å². The van der Waals surface area contributed by atoms with Crippen LogP contribution in [0.3, 0.4) is 0 Å². The van der Waals surface area contributed by atoms with Gasteiger partial charge in [-0.2, -0.15) is 0 Å². The molecule has 0 spiro atoms. The van der Waals surface area contributed by atoms with E-state index in [9.17, 15) is 0 Å². The lowest BCUT2D eigenvalue weighted by atomic mass is 9.69. The van der Waals surface area contributed by atoms with Crippen molar-refractivity contribution in [1.82, 2.24) is 0 Å². The van der Waals surface area contributed by atoms with Crippen molar-refractivity contribution in [2.24, 2.45) is 17.3 Å². The van der Waals surface area contributed by atoms with Gasteiger partial charge in [-0.1, -0.05) is 47.5 Å². The van der Waals surface area contributed by atoms with E-state index in [1.54, 1.807) is 7.11 Å². The average Bonchev–Trinajstić information content (AvgIpc) is 2.14. The molecule has 0 aromatic heterocycles. The Morgan fingerprint density at radius 3 is 2.20 bits per heavy atom. The predicted molar refractivity (Wildman–Crippen MR) is 68.1 cm³/mol. The van der Waals surface area contributed by atoms with Crippen molar-refractivity contribution in [3.05, 3.63) is 0 Å². The zero-order valence-electron chi connectivity index (χ0n) is 11.6. The summed E-state index contributed by atoms with van der Waals surface area (Å²) in [6.07, 6.45) is 5.15. The van der Waals surface area contributed by atoms with E-state index >= 15 is 0 Å². The zero-order chi connectivity index (χ0) is 11.9. The molecular formula is C14H30O. The molecule has 0 N–H and O–H groups in total. The fraction of sp³-hybridized carbons (Fsp3) is 1.00. The van der Waals surface area contributed by atoms with E-state index < -0.39 is 0 Å². The molecule has 0 bridgehead atoms. The molecule has 92 valence electrons. The van der Waals surface area contributed by atoms with Gasteiger partial charge in [-0.15, -0.1) is 0 Å². The molecule has 0 heterocycles. The summed E-state index contributed by atoms with van der Waals surface area (Å²) in [5.41, 5.74) is 0.459. The normalized spacial score (nSPS) is 17.8. The molecule has 0 rings (SSSR count). The van der Waals surface area contributed by atoms with Crippen LogP contribution in [0.15, 0.2) is 0 Å². The van der Waals surface area contributed by atoms with E-state index in [4.69, 9.17) is 4.74 Å². The summed E-state index contributed by atoms with van der Waals surface area (Å²) >= 11 is 0. The number of hydrogen-bond acceptors (Lipinski definition) is 1. The van der Waals surface area contributed by atoms with Gasteiger partial charge in [0.05, 0.1) is 0 Å². The molecule has 0 aliphatic rings. The van der Waals surface area contributed by atoms with Crippen LogP contribution in [-0.2, 0) is 4.74 Å². The van der Waals surface area contributed by atoms with Crippen molar-refractivity contribution in [2.45, 2.75) is 60.3 Å². The third-order valence-electron chi connectivity index (χ3n) is 3.66. The second-order valence-electron chi connectivity index (χ2n) is 5.68. The maximum atomic E-state index is 5.25. The van der Waals surface area contributed by atoms with Crippen LogP contribution in [0.1, 0.15) is 60.3 Å². The summed E-state index contributed by atoms with van der Waals surface area (Å²) < 4.78 is 5.25. The van der Waals surface area contributed by atoms with E-state index in [2.05, 4.69) is 34.6 Å². The van der Waals surface area contributed by atoms with Crippen LogP contribution < -0.4 is 0 Å². The second-order valence-corrected chi connectivity index (χ2v) is 5.68. The molecule has 0 fully saturated rings. The largest absolute Gasteiger partial charge is 0.385 e. The predicted octanol–water partition coefficient (Wildman–Crippen LogP) is 4.51. The van der Waals surface area contributed by atoms with Crippen molar-refractivity contribution in [1.29, 1.82) is 0 Å². The van der Waals surface area contributed by atoms with Gasteiger partial charge in [0.25, 0.3) is 0 Å². The number of hydrogen-bond donors (Lipinski definition) is 0. The highest BCUT2D eigenvalue weighted by molar-refractivity contribution is 4.81. The average molecular weight is 214 g/mol. The first-order valence-electron chi connectivity index (χ1n) is 6.45. The van der Waals surface area contributed by atoms with Crippen molar-refractivity contribution in [3.63, 3.8) is 0 Å². The summed E-state index contributed by atoms with van der Waals surface area (Å²) in [6.45, 7) is 12.7. The van der Waals surface area contributed by atoms with Gasteiger partial charge in [0, 0.05) is 13.7 Å². The summed E-state index contributed by atoms with van der Waals surface area (Å²) in [5.74, 6) is 1.59.